The van der Waals surface area contributed by atoms with Crippen LogP contribution in [0.15, 0.2) is 36.3 Å². The Morgan fingerprint density at radius 2 is 2.24 bits per heavy atom. The van der Waals surface area contributed by atoms with Gasteiger partial charge in [-0.15, -0.1) is 0 Å². The predicted molar refractivity (Wildman–Crippen MR) is 66.0 cm³/mol. The second-order valence-corrected chi connectivity index (χ2v) is 4.15. The number of hydrogen-bond donors (Lipinski definition) is 2. The highest BCUT2D eigenvalue weighted by molar-refractivity contribution is 5.93. The molecule has 2 N–H and O–H groups in total. The first-order chi connectivity index (χ1) is 8.36. The zero-order chi connectivity index (χ0) is 11.9. The van der Waals surface area contributed by atoms with E-state index in [-0.39, 0.29) is 5.91 Å². The number of nitrogens with one attached hydrogen (secondary N) is 2. The molecule has 0 fully saturated rings. The summed E-state index contributed by atoms with van der Waals surface area (Å²) >= 11 is 0. The molecule has 1 aliphatic carbocycles. The maximum atomic E-state index is 11.7. The smallest absolute Gasteiger partial charge is 0.271 e. The van der Waals surface area contributed by atoms with E-state index in [2.05, 4.69) is 21.9 Å². The Morgan fingerprint density at radius 1 is 1.29 bits per heavy atom. The minimum atomic E-state index is -0.150. The topological polar surface area (TPSA) is 54.0 Å². The van der Waals surface area contributed by atoms with E-state index in [0.29, 0.717) is 5.56 Å². The monoisotopic (exact) mass is 231 g/mol. The van der Waals surface area contributed by atoms with Crippen LogP contribution in [0.1, 0.15) is 42.5 Å². The van der Waals surface area contributed by atoms with Crippen molar-refractivity contribution in [3.05, 3.63) is 41.9 Å². The summed E-state index contributed by atoms with van der Waals surface area (Å²) in [5.74, 6) is -0.150. The van der Waals surface area contributed by atoms with Gasteiger partial charge < -0.3 is 5.43 Å². The average Bonchev–Trinajstić information content (AvgIpc) is 2.65. The third kappa shape index (κ3) is 3.59. The van der Waals surface area contributed by atoms with Crippen molar-refractivity contribution < 1.29 is 4.79 Å². The average molecular weight is 231 g/mol. The number of allylic oxidation sites excluding steroid dienone is 2. The molecule has 0 aliphatic heterocycles. The number of amides is 1. The van der Waals surface area contributed by atoms with Crippen LogP contribution < -0.4 is 10.9 Å². The van der Waals surface area contributed by atoms with Crippen molar-refractivity contribution in [2.24, 2.45) is 0 Å². The number of pyridine rings is 1. The zero-order valence-corrected chi connectivity index (χ0v) is 9.78. The minimum Gasteiger partial charge on any atom is -0.303 e. The van der Waals surface area contributed by atoms with Gasteiger partial charge in [-0.1, -0.05) is 12.5 Å². The molecule has 0 spiro atoms. The number of rotatable bonds is 3. The zero-order valence-electron chi connectivity index (χ0n) is 9.78. The van der Waals surface area contributed by atoms with Gasteiger partial charge in [0.15, 0.2) is 0 Å². The van der Waals surface area contributed by atoms with E-state index in [9.17, 15) is 4.79 Å². The van der Waals surface area contributed by atoms with Crippen LogP contribution in [-0.4, -0.2) is 10.9 Å². The molecular weight excluding hydrogens is 214 g/mol. The van der Waals surface area contributed by atoms with Gasteiger partial charge in [-0.05, 0) is 37.8 Å². The molecule has 0 aromatic carbocycles. The number of hydrogen-bond acceptors (Lipinski definition) is 3. The molecule has 1 heterocycles. The van der Waals surface area contributed by atoms with Gasteiger partial charge >= 0.3 is 0 Å². The molecule has 0 radical (unpaired) electrons. The summed E-state index contributed by atoms with van der Waals surface area (Å²) in [5, 5.41) is 0. The predicted octanol–water partition coefficient (Wildman–Crippen LogP) is 2.16. The molecule has 0 bridgehead atoms. The second-order valence-electron chi connectivity index (χ2n) is 4.15. The van der Waals surface area contributed by atoms with E-state index >= 15 is 0 Å². The lowest BCUT2D eigenvalue weighted by atomic mass is 10.2. The molecule has 0 saturated heterocycles. The number of aromatic nitrogens is 1. The van der Waals surface area contributed by atoms with Gasteiger partial charge in [-0.2, -0.15) is 0 Å². The van der Waals surface area contributed by atoms with Gasteiger partial charge in [0.05, 0.1) is 5.56 Å². The highest BCUT2D eigenvalue weighted by atomic mass is 16.2. The van der Waals surface area contributed by atoms with E-state index in [0.717, 1.165) is 18.5 Å². The molecular formula is C13H17N3O. The van der Waals surface area contributed by atoms with Crippen LogP contribution in [0.2, 0.25) is 0 Å². The van der Waals surface area contributed by atoms with E-state index in [4.69, 9.17) is 0 Å². The lowest BCUT2D eigenvalue weighted by Crippen LogP contribution is -2.36. The first-order valence-corrected chi connectivity index (χ1v) is 6.02. The van der Waals surface area contributed by atoms with E-state index in [1.807, 2.05) is 0 Å². The molecule has 2 rings (SSSR count). The third-order valence-corrected chi connectivity index (χ3v) is 2.80. The van der Waals surface area contributed by atoms with Crippen LogP contribution in [0.4, 0.5) is 0 Å². The lowest BCUT2D eigenvalue weighted by molar-refractivity contribution is 0.0938. The van der Waals surface area contributed by atoms with Crippen LogP contribution in [0.5, 0.6) is 0 Å². The van der Waals surface area contributed by atoms with Crippen molar-refractivity contribution in [1.82, 2.24) is 15.8 Å². The first kappa shape index (κ1) is 11.6. The Balaban J connectivity index is 1.85. The summed E-state index contributed by atoms with van der Waals surface area (Å²) in [6.45, 7) is 0. The van der Waals surface area contributed by atoms with Gasteiger partial charge in [-0.3, -0.25) is 15.2 Å². The SMILES string of the molecule is O=C(NNC1=CCCCCC1)c1cccnc1. The summed E-state index contributed by atoms with van der Waals surface area (Å²) in [4.78, 5) is 15.6. The fourth-order valence-electron chi connectivity index (χ4n) is 1.83. The van der Waals surface area contributed by atoms with E-state index in [1.54, 1.807) is 24.5 Å². The highest BCUT2D eigenvalue weighted by Crippen LogP contribution is 2.14. The van der Waals surface area contributed by atoms with Crippen molar-refractivity contribution in [3.63, 3.8) is 0 Å². The van der Waals surface area contributed by atoms with Crippen molar-refractivity contribution >= 4 is 5.91 Å². The molecule has 0 unspecified atom stereocenters. The molecule has 0 atom stereocenters. The number of hydrazine groups is 1. The standard InChI is InChI=1S/C13H17N3O/c17-13(11-6-5-9-14-10-11)16-15-12-7-3-1-2-4-8-12/h5-7,9-10,15H,1-4,8H2,(H,16,17). The largest absolute Gasteiger partial charge is 0.303 e. The first-order valence-electron chi connectivity index (χ1n) is 6.02. The number of carbonyl (C=O) groups excluding carboxylic acids is 1. The van der Waals surface area contributed by atoms with Crippen molar-refractivity contribution in [2.45, 2.75) is 32.1 Å². The van der Waals surface area contributed by atoms with Gasteiger partial charge in [0, 0.05) is 18.1 Å². The van der Waals surface area contributed by atoms with Crippen LogP contribution in [-0.2, 0) is 0 Å². The lowest BCUT2D eigenvalue weighted by Gasteiger charge is -2.10. The number of carbonyl (C=O) groups is 1. The van der Waals surface area contributed by atoms with Crippen molar-refractivity contribution in [3.8, 4) is 0 Å². The quantitative estimate of drug-likeness (QED) is 0.784. The second kappa shape index (κ2) is 6.03. The Morgan fingerprint density at radius 3 is 3.06 bits per heavy atom. The maximum absolute atomic E-state index is 11.7. The fourth-order valence-corrected chi connectivity index (χ4v) is 1.83. The summed E-state index contributed by atoms with van der Waals surface area (Å²) in [5.41, 5.74) is 7.37. The highest BCUT2D eigenvalue weighted by Gasteiger charge is 2.06. The van der Waals surface area contributed by atoms with E-state index < -0.39 is 0 Å². The van der Waals surface area contributed by atoms with Gasteiger partial charge in [-0.25, -0.2) is 0 Å². The summed E-state index contributed by atoms with van der Waals surface area (Å²) in [6.07, 6.45) is 11.1. The van der Waals surface area contributed by atoms with Crippen LogP contribution in [0, 0.1) is 0 Å². The molecule has 0 saturated carbocycles. The van der Waals surface area contributed by atoms with Crippen LogP contribution in [0.25, 0.3) is 0 Å². The maximum Gasteiger partial charge on any atom is 0.271 e. The Kier molecular flexibility index (Phi) is 4.13. The minimum absolute atomic E-state index is 0.150. The van der Waals surface area contributed by atoms with Crippen molar-refractivity contribution in [1.29, 1.82) is 0 Å². The van der Waals surface area contributed by atoms with E-state index in [1.165, 1.54) is 19.3 Å². The number of nitrogens with zero attached hydrogens (tertiary/aromatic N) is 1. The Hall–Kier alpha value is -1.84. The molecule has 4 nitrogen and oxygen atoms in total. The molecule has 1 amide bonds. The Bertz CT molecular complexity index is 400. The summed E-state index contributed by atoms with van der Waals surface area (Å²) in [7, 11) is 0. The van der Waals surface area contributed by atoms with Crippen LogP contribution in [0.3, 0.4) is 0 Å². The van der Waals surface area contributed by atoms with Gasteiger partial charge in [0.2, 0.25) is 0 Å². The van der Waals surface area contributed by atoms with Crippen LogP contribution >= 0.6 is 0 Å². The molecule has 1 aromatic rings. The third-order valence-electron chi connectivity index (χ3n) is 2.80. The summed E-state index contributed by atoms with van der Waals surface area (Å²) < 4.78 is 0. The molecule has 1 aliphatic rings. The molecule has 90 valence electrons. The molecule has 4 heteroatoms. The fraction of sp³-hybridized carbons (Fsp3) is 0.385. The van der Waals surface area contributed by atoms with Gasteiger partial charge in [0.1, 0.15) is 0 Å². The molecule has 17 heavy (non-hydrogen) atoms. The Labute approximate surface area is 101 Å². The normalized spacial score (nSPS) is 15.6. The summed E-state index contributed by atoms with van der Waals surface area (Å²) in [6, 6.07) is 3.49. The van der Waals surface area contributed by atoms with Crippen molar-refractivity contribution in [2.75, 3.05) is 0 Å². The van der Waals surface area contributed by atoms with Gasteiger partial charge in [0.25, 0.3) is 5.91 Å². The molecule has 1 aromatic heterocycles.